The van der Waals surface area contributed by atoms with Crippen LogP contribution in [0.1, 0.15) is 26.2 Å². The molecule has 1 saturated heterocycles. The van der Waals surface area contributed by atoms with Crippen molar-refractivity contribution >= 4 is 17.7 Å². The zero-order valence-electron chi connectivity index (χ0n) is 10.6. The second-order valence-corrected chi connectivity index (χ2v) is 5.55. The first-order valence-corrected chi connectivity index (χ1v) is 7.14. The van der Waals surface area contributed by atoms with Crippen LogP contribution < -0.4 is 11.2 Å². The number of likely N-dealkylation sites (tertiary alicyclic amines) is 1. The molecule has 7 nitrogen and oxygen atoms in total. The maximum Gasteiger partial charge on any atom is 0.342 e. The zero-order valence-corrected chi connectivity index (χ0v) is 11.5. The van der Waals surface area contributed by atoms with Gasteiger partial charge in [0.25, 0.3) is 5.56 Å². The molecule has 0 saturated carbocycles. The van der Waals surface area contributed by atoms with Crippen LogP contribution in [0.5, 0.6) is 0 Å². The second kappa shape index (κ2) is 6.05. The second-order valence-electron chi connectivity index (χ2n) is 4.36. The molecule has 0 aliphatic carbocycles. The van der Waals surface area contributed by atoms with Gasteiger partial charge in [0.05, 0.1) is 5.25 Å². The summed E-state index contributed by atoms with van der Waals surface area (Å²) in [5, 5.41) is 5.65. The lowest BCUT2D eigenvalue weighted by atomic mass is 10.3. The van der Waals surface area contributed by atoms with Crippen molar-refractivity contribution in [3.8, 4) is 0 Å². The van der Waals surface area contributed by atoms with Crippen molar-refractivity contribution in [1.29, 1.82) is 0 Å². The number of hydrogen-bond donors (Lipinski definition) is 2. The Morgan fingerprint density at radius 2 is 2.11 bits per heavy atom. The lowest BCUT2D eigenvalue weighted by molar-refractivity contribution is -0.129. The van der Waals surface area contributed by atoms with Crippen LogP contribution in [-0.2, 0) is 4.79 Å². The Morgan fingerprint density at radius 1 is 1.42 bits per heavy atom. The summed E-state index contributed by atoms with van der Waals surface area (Å²) < 4.78 is 0. The first kappa shape index (κ1) is 13.9. The highest BCUT2D eigenvalue weighted by Crippen LogP contribution is 2.23. The Morgan fingerprint density at radius 3 is 2.68 bits per heavy atom. The molecule has 1 unspecified atom stereocenters. The molecule has 0 radical (unpaired) electrons. The SMILES string of the molecule is CCC(Sc1n[nH]c(=O)[nH]c1=O)C(=O)N1CCCC1. The maximum absolute atomic E-state index is 12.3. The molecular formula is C11H16N4O3S. The van der Waals surface area contributed by atoms with Crippen molar-refractivity contribution in [2.75, 3.05) is 13.1 Å². The standard InChI is InChI=1S/C11H16N4O3S/c1-2-7(10(17)15-5-3-4-6-15)19-9-8(16)12-11(18)14-13-9/h7H,2-6H2,1H3,(H2,12,14,16,18). The van der Waals surface area contributed by atoms with E-state index in [1.54, 1.807) is 0 Å². The third-order valence-electron chi connectivity index (χ3n) is 3.00. The number of carbonyl (C=O) groups excluding carboxylic acids is 1. The summed E-state index contributed by atoms with van der Waals surface area (Å²) >= 11 is 1.10. The number of thioether (sulfide) groups is 1. The fourth-order valence-electron chi connectivity index (χ4n) is 2.00. The van der Waals surface area contributed by atoms with Gasteiger partial charge in [0.1, 0.15) is 0 Å². The molecule has 19 heavy (non-hydrogen) atoms. The fourth-order valence-corrected chi connectivity index (χ4v) is 2.94. The summed E-state index contributed by atoms with van der Waals surface area (Å²) in [6.07, 6.45) is 2.68. The van der Waals surface area contributed by atoms with E-state index in [-0.39, 0.29) is 16.2 Å². The molecule has 1 fully saturated rings. The van der Waals surface area contributed by atoms with Gasteiger partial charge < -0.3 is 4.90 Å². The van der Waals surface area contributed by atoms with Gasteiger partial charge in [-0.2, -0.15) is 5.10 Å². The number of rotatable bonds is 4. The van der Waals surface area contributed by atoms with Crippen LogP contribution >= 0.6 is 11.8 Å². The van der Waals surface area contributed by atoms with Crippen LogP contribution in [0.3, 0.4) is 0 Å². The van der Waals surface area contributed by atoms with Gasteiger partial charge in [-0.15, -0.1) is 0 Å². The van der Waals surface area contributed by atoms with Crippen LogP contribution in [-0.4, -0.2) is 44.3 Å². The highest BCUT2D eigenvalue weighted by Gasteiger charge is 2.27. The van der Waals surface area contributed by atoms with Crippen molar-refractivity contribution in [1.82, 2.24) is 20.1 Å². The van der Waals surface area contributed by atoms with Gasteiger partial charge in [-0.05, 0) is 19.3 Å². The lowest BCUT2D eigenvalue weighted by Crippen LogP contribution is -2.36. The highest BCUT2D eigenvalue weighted by molar-refractivity contribution is 8.00. The molecule has 8 heteroatoms. The number of aromatic nitrogens is 3. The molecule has 1 amide bonds. The third kappa shape index (κ3) is 3.25. The van der Waals surface area contributed by atoms with Crippen molar-refractivity contribution in [3.63, 3.8) is 0 Å². The van der Waals surface area contributed by atoms with E-state index in [9.17, 15) is 14.4 Å². The average Bonchev–Trinajstić information content (AvgIpc) is 2.91. The van der Waals surface area contributed by atoms with Crippen molar-refractivity contribution in [3.05, 3.63) is 20.8 Å². The van der Waals surface area contributed by atoms with Crippen LogP contribution in [0.2, 0.25) is 0 Å². The summed E-state index contributed by atoms with van der Waals surface area (Å²) in [5.41, 5.74) is -1.20. The predicted octanol–water partition coefficient (Wildman–Crippen LogP) is -0.0487. The summed E-state index contributed by atoms with van der Waals surface area (Å²) in [4.78, 5) is 38.6. The van der Waals surface area contributed by atoms with E-state index < -0.39 is 11.2 Å². The monoisotopic (exact) mass is 284 g/mol. The number of nitrogens with zero attached hydrogens (tertiary/aromatic N) is 2. The molecule has 104 valence electrons. The molecule has 1 aromatic heterocycles. The van der Waals surface area contributed by atoms with Gasteiger partial charge in [0.15, 0.2) is 5.03 Å². The Labute approximate surface area is 113 Å². The molecule has 1 aliphatic heterocycles. The van der Waals surface area contributed by atoms with Gasteiger partial charge >= 0.3 is 5.69 Å². The van der Waals surface area contributed by atoms with Crippen LogP contribution in [0, 0.1) is 0 Å². The normalized spacial score (nSPS) is 16.6. The largest absolute Gasteiger partial charge is 0.342 e. The molecule has 0 spiro atoms. The van der Waals surface area contributed by atoms with Crippen LogP contribution in [0.25, 0.3) is 0 Å². The van der Waals surface area contributed by atoms with E-state index in [1.165, 1.54) is 0 Å². The number of nitrogens with one attached hydrogen (secondary N) is 2. The minimum absolute atomic E-state index is 0.0393. The molecule has 1 aromatic rings. The van der Waals surface area contributed by atoms with E-state index in [2.05, 4.69) is 15.2 Å². The fraction of sp³-hybridized carbons (Fsp3) is 0.636. The minimum atomic E-state index is -0.645. The highest BCUT2D eigenvalue weighted by atomic mass is 32.2. The van der Waals surface area contributed by atoms with Gasteiger partial charge in [0, 0.05) is 13.1 Å². The smallest absolute Gasteiger partial charge is 0.342 e. The third-order valence-corrected chi connectivity index (χ3v) is 4.32. The first-order chi connectivity index (χ1) is 9.11. The minimum Gasteiger partial charge on any atom is -0.342 e. The molecule has 2 N–H and O–H groups in total. The van der Waals surface area contributed by atoms with Gasteiger partial charge in [-0.3, -0.25) is 14.6 Å². The molecule has 1 atom stereocenters. The first-order valence-electron chi connectivity index (χ1n) is 6.26. The molecule has 0 aromatic carbocycles. The maximum atomic E-state index is 12.3. The Hall–Kier alpha value is -1.57. The Bertz CT molecular complexity index is 562. The van der Waals surface area contributed by atoms with Crippen molar-refractivity contribution in [2.24, 2.45) is 0 Å². The van der Waals surface area contributed by atoms with Gasteiger partial charge in [-0.1, -0.05) is 18.7 Å². The summed E-state index contributed by atoms with van der Waals surface area (Å²) in [7, 11) is 0. The van der Waals surface area contributed by atoms with E-state index in [0.29, 0.717) is 6.42 Å². The van der Waals surface area contributed by atoms with Crippen LogP contribution in [0.4, 0.5) is 0 Å². The van der Waals surface area contributed by atoms with Crippen LogP contribution in [0.15, 0.2) is 14.6 Å². The van der Waals surface area contributed by atoms with E-state index in [0.717, 1.165) is 37.7 Å². The molecular weight excluding hydrogens is 268 g/mol. The number of H-pyrrole nitrogens is 2. The average molecular weight is 284 g/mol. The predicted molar refractivity (Wildman–Crippen MR) is 71.2 cm³/mol. The lowest BCUT2D eigenvalue weighted by Gasteiger charge is -2.21. The van der Waals surface area contributed by atoms with Crippen molar-refractivity contribution < 1.29 is 4.79 Å². The number of carbonyl (C=O) groups is 1. The summed E-state index contributed by atoms with van der Waals surface area (Å²) in [5.74, 6) is 0.0393. The number of hydrogen-bond acceptors (Lipinski definition) is 5. The van der Waals surface area contributed by atoms with Gasteiger partial charge in [0.2, 0.25) is 5.91 Å². The number of aromatic amines is 2. The topological polar surface area (TPSA) is 98.9 Å². The summed E-state index contributed by atoms with van der Waals surface area (Å²) in [6.45, 7) is 3.46. The Balaban J connectivity index is 2.12. The van der Waals surface area contributed by atoms with E-state index in [1.807, 2.05) is 11.8 Å². The Kier molecular flexibility index (Phi) is 4.41. The van der Waals surface area contributed by atoms with Gasteiger partial charge in [-0.25, -0.2) is 9.89 Å². The molecule has 1 aliphatic rings. The molecule has 2 rings (SSSR count). The van der Waals surface area contributed by atoms with E-state index >= 15 is 0 Å². The van der Waals surface area contributed by atoms with E-state index in [4.69, 9.17) is 0 Å². The summed E-state index contributed by atoms with van der Waals surface area (Å²) in [6, 6.07) is 0. The molecule has 2 heterocycles. The quantitative estimate of drug-likeness (QED) is 0.755. The zero-order chi connectivity index (χ0) is 13.8. The molecule has 0 bridgehead atoms. The number of amides is 1. The van der Waals surface area contributed by atoms with Crippen molar-refractivity contribution in [2.45, 2.75) is 36.5 Å².